The molecule has 80 valence electrons. The molecule has 0 aliphatic rings. The van der Waals surface area contributed by atoms with Crippen molar-refractivity contribution < 1.29 is 0 Å². The average molecular weight is 216 g/mol. The fraction of sp³-hybridized carbons (Fsp3) is 0.800. The van der Waals surface area contributed by atoms with Gasteiger partial charge >= 0.3 is 0 Å². The minimum absolute atomic E-state index is 0.435. The van der Waals surface area contributed by atoms with Crippen molar-refractivity contribution in [1.82, 2.24) is 14.8 Å². The van der Waals surface area contributed by atoms with Gasteiger partial charge in [-0.2, -0.15) is 0 Å². The summed E-state index contributed by atoms with van der Waals surface area (Å²) in [4.78, 5) is 0. The largest absolute Gasteiger partial charge is 0.313 e. The van der Waals surface area contributed by atoms with Crippen LogP contribution in [0.25, 0.3) is 0 Å². The Morgan fingerprint density at radius 1 is 1.43 bits per heavy atom. The monoisotopic (exact) mass is 215 g/mol. The van der Waals surface area contributed by atoms with Crippen molar-refractivity contribution in [1.29, 1.82) is 0 Å². The lowest BCUT2D eigenvalue weighted by Gasteiger charge is -2.23. The summed E-state index contributed by atoms with van der Waals surface area (Å²) in [6.45, 7) is 6.64. The summed E-state index contributed by atoms with van der Waals surface area (Å²) in [7, 11) is 0. The summed E-state index contributed by atoms with van der Waals surface area (Å²) in [5, 5.41) is 7.88. The van der Waals surface area contributed by atoms with Gasteiger partial charge in [-0.1, -0.05) is 26.7 Å². The van der Waals surface area contributed by atoms with Crippen molar-refractivity contribution in [3.63, 3.8) is 0 Å². The quantitative estimate of drug-likeness (QED) is 0.707. The third-order valence-corrected chi connectivity index (χ3v) is 3.18. The fourth-order valence-electron chi connectivity index (χ4n) is 1.90. The molecule has 1 unspecified atom stereocenters. The summed E-state index contributed by atoms with van der Waals surface area (Å²) >= 11 is 5.79. The van der Waals surface area contributed by atoms with Crippen molar-refractivity contribution in [2.45, 2.75) is 45.5 Å². The number of alkyl halides is 1. The van der Waals surface area contributed by atoms with E-state index in [2.05, 4.69) is 35.5 Å². The molecule has 0 aliphatic carbocycles. The van der Waals surface area contributed by atoms with Crippen LogP contribution in [0.4, 0.5) is 0 Å². The first-order chi connectivity index (χ1) is 6.74. The Bertz CT molecular complexity index is 268. The Morgan fingerprint density at radius 3 is 2.57 bits per heavy atom. The molecule has 0 fully saturated rings. The van der Waals surface area contributed by atoms with E-state index in [1.54, 1.807) is 6.33 Å². The van der Waals surface area contributed by atoms with Crippen LogP contribution in [0.15, 0.2) is 6.33 Å². The van der Waals surface area contributed by atoms with Crippen LogP contribution in [-0.4, -0.2) is 14.8 Å². The highest BCUT2D eigenvalue weighted by Crippen LogP contribution is 2.24. The molecule has 14 heavy (non-hydrogen) atoms. The first-order valence-electron chi connectivity index (χ1n) is 5.18. The molecule has 0 aromatic carbocycles. The SMILES string of the molecule is CCC(CC)C(C)n1cnnc1CCl. The Hall–Kier alpha value is -0.570. The Kier molecular flexibility index (Phi) is 4.39. The van der Waals surface area contributed by atoms with Gasteiger partial charge in [0.1, 0.15) is 12.2 Å². The molecule has 1 atom stereocenters. The lowest BCUT2D eigenvalue weighted by Crippen LogP contribution is -2.16. The van der Waals surface area contributed by atoms with Crippen molar-refractivity contribution in [3.8, 4) is 0 Å². The normalized spacial score (nSPS) is 13.5. The van der Waals surface area contributed by atoms with Crippen molar-refractivity contribution >= 4 is 11.6 Å². The number of nitrogens with zero attached hydrogens (tertiary/aromatic N) is 3. The van der Waals surface area contributed by atoms with E-state index in [1.165, 1.54) is 12.8 Å². The van der Waals surface area contributed by atoms with Crippen LogP contribution in [0.5, 0.6) is 0 Å². The second-order valence-electron chi connectivity index (χ2n) is 3.61. The zero-order chi connectivity index (χ0) is 10.6. The van der Waals surface area contributed by atoms with Crippen LogP contribution in [0, 0.1) is 5.92 Å². The predicted octanol–water partition coefficient (Wildman–Crippen LogP) is 3.01. The molecule has 1 aromatic rings. The highest BCUT2D eigenvalue weighted by molar-refractivity contribution is 6.16. The Labute approximate surface area is 90.5 Å². The first-order valence-corrected chi connectivity index (χ1v) is 5.72. The molecule has 0 amide bonds. The van der Waals surface area contributed by atoms with Crippen molar-refractivity contribution in [2.24, 2.45) is 5.92 Å². The molecular formula is C10H18ClN3. The van der Waals surface area contributed by atoms with Gasteiger partial charge in [0.25, 0.3) is 0 Å². The van der Waals surface area contributed by atoms with Gasteiger partial charge < -0.3 is 4.57 Å². The lowest BCUT2D eigenvalue weighted by atomic mass is 9.95. The third kappa shape index (κ3) is 2.27. The summed E-state index contributed by atoms with van der Waals surface area (Å²) in [6, 6.07) is 0.439. The maximum Gasteiger partial charge on any atom is 0.148 e. The standard InChI is InChI=1S/C10H18ClN3/c1-4-9(5-2)8(3)14-7-12-13-10(14)6-11/h7-9H,4-6H2,1-3H3. The minimum atomic E-state index is 0.435. The number of hydrogen-bond acceptors (Lipinski definition) is 2. The molecule has 1 rings (SSSR count). The third-order valence-electron chi connectivity index (χ3n) is 2.94. The maximum absolute atomic E-state index is 5.79. The van der Waals surface area contributed by atoms with E-state index in [0.717, 1.165) is 5.82 Å². The van der Waals surface area contributed by atoms with Gasteiger partial charge in [0.05, 0.1) is 5.88 Å². The molecule has 0 spiro atoms. The zero-order valence-electron chi connectivity index (χ0n) is 9.07. The fourth-order valence-corrected chi connectivity index (χ4v) is 2.09. The first kappa shape index (κ1) is 11.5. The smallest absolute Gasteiger partial charge is 0.148 e. The molecule has 4 heteroatoms. The van der Waals surface area contributed by atoms with E-state index >= 15 is 0 Å². The topological polar surface area (TPSA) is 30.7 Å². The van der Waals surface area contributed by atoms with Gasteiger partial charge in [-0.15, -0.1) is 21.8 Å². The van der Waals surface area contributed by atoms with Crippen LogP contribution in [0.1, 0.15) is 45.5 Å². The molecule has 0 aliphatic heterocycles. The second-order valence-corrected chi connectivity index (χ2v) is 3.87. The number of aromatic nitrogens is 3. The summed E-state index contributed by atoms with van der Waals surface area (Å²) in [6.07, 6.45) is 4.13. The summed E-state index contributed by atoms with van der Waals surface area (Å²) in [5.41, 5.74) is 0. The molecule has 3 nitrogen and oxygen atoms in total. The second kappa shape index (κ2) is 5.35. The van der Waals surface area contributed by atoms with E-state index in [1.807, 2.05) is 0 Å². The molecule has 0 saturated heterocycles. The van der Waals surface area contributed by atoms with E-state index in [0.29, 0.717) is 17.8 Å². The predicted molar refractivity (Wildman–Crippen MR) is 58.4 cm³/mol. The van der Waals surface area contributed by atoms with Crippen molar-refractivity contribution in [2.75, 3.05) is 0 Å². The van der Waals surface area contributed by atoms with Gasteiger partial charge in [0, 0.05) is 6.04 Å². The van der Waals surface area contributed by atoms with Gasteiger partial charge in [-0.25, -0.2) is 0 Å². The molecule has 1 heterocycles. The van der Waals surface area contributed by atoms with Crippen LogP contribution < -0.4 is 0 Å². The summed E-state index contributed by atoms with van der Waals surface area (Å²) < 4.78 is 2.09. The van der Waals surface area contributed by atoms with Crippen LogP contribution >= 0.6 is 11.6 Å². The Morgan fingerprint density at radius 2 is 2.07 bits per heavy atom. The molecular weight excluding hydrogens is 198 g/mol. The molecule has 0 bridgehead atoms. The zero-order valence-corrected chi connectivity index (χ0v) is 9.83. The van der Waals surface area contributed by atoms with Crippen LogP contribution in [0.3, 0.4) is 0 Å². The average Bonchev–Trinajstić information content (AvgIpc) is 2.67. The van der Waals surface area contributed by atoms with Gasteiger partial charge in [-0.05, 0) is 12.8 Å². The highest BCUT2D eigenvalue weighted by Gasteiger charge is 2.17. The van der Waals surface area contributed by atoms with E-state index in [4.69, 9.17) is 11.6 Å². The van der Waals surface area contributed by atoms with Gasteiger partial charge in [0.2, 0.25) is 0 Å². The van der Waals surface area contributed by atoms with E-state index in [9.17, 15) is 0 Å². The van der Waals surface area contributed by atoms with Crippen LogP contribution in [0.2, 0.25) is 0 Å². The number of halogens is 1. The van der Waals surface area contributed by atoms with Gasteiger partial charge in [0.15, 0.2) is 0 Å². The molecule has 0 saturated carbocycles. The van der Waals surface area contributed by atoms with Crippen LogP contribution in [-0.2, 0) is 5.88 Å². The Balaban J connectivity index is 2.81. The van der Waals surface area contributed by atoms with Crippen molar-refractivity contribution in [3.05, 3.63) is 12.2 Å². The maximum atomic E-state index is 5.79. The highest BCUT2D eigenvalue weighted by atomic mass is 35.5. The minimum Gasteiger partial charge on any atom is -0.313 e. The molecule has 1 aromatic heterocycles. The van der Waals surface area contributed by atoms with E-state index in [-0.39, 0.29) is 0 Å². The summed E-state index contributed by atoms with van der Waals surface area (Å²) in [5.74, 6) is 1.98. The number of hydrogen-bond donors (Lipinski definition) is 0. The number of rotatable bonds is 5. The van der Waals surface area contributed by atoms with Gasteiger partial charge in [-0.3, -0.25) is 0 Å². The lowest BCUT2D eigenvalue weighted by molar-refractivity contribution is 0.328. The van der Waals surface area contributed by atoms with E-state index < -0.39 is 0 Å². The molecule has 0 radical (unpaired) electrons. The molecule has 0 N–H and O–H groups in total.